The molecule has 90 valence electrons. The van der Waals surface area contributed by atoms with E-state index in [1.807, 2.05) is 0 Å². The van der Waals surface area contributed by atoms with Gasteiger partial charge in [0.15, 0.2) is 0 Å². The highest BCUT2D eigenvalue weighted by molar-refractivity contribution is 7.99. The first kappa shape index (κ1) is 13.5. The number of nitrogens with two attached hydrogens (primary N) is 1. The van der Waals surface area contributed by atoms with Gasteiger partial charge in [-0.2, -0.15) is 13.2 Å². The van der Waals surface area contributed by atoms with Crippen molar-refractivity contribution in [1.29, 1.82) is 0 Å². The van der Waals surface area contributed by atoms with E-state index in [1.54, 1.807) is 18.2 Å². The largest absolute Gasteiger partial charge is 0.398 e. The highest BCUT2D eigenvalue weighted by Crippen LogP contribution is 2.30. The molecular weight excluding hydrogens is 259 g/mol. The van der Waals surface area contributed by atoms with E-state index >= 15 is 0 Å². The number of anilines is 1. The monoisotopic (exact) mass is 269 g/mol. The van der Waals surface area contributed by atoms with Crippen LogP contribution in [0.3, 0.4) is 0 Å². The highest BCUT2D eigenvalue weighted by atomic mass is 35.5. The van der Waals surface area contributed by atoms with E-state index in [-0.39, 0.29) is 6.42 Å². The molecule has 0 spiro atoms. The first-order valence-electron chi connectivity index (χ1n) is 4.63. The van der Waals surface area contributed by atoms with E-state index in [4.69, 9.17) is 17.3 Å². The number of hydrogen-bond acceptors (Lipinski definition) is 2. The van der Waals surface area contributed by atoms with Gasteiger partial charge in [0.25, 0.3) is 0 Å². The van der Waals surface area contributed by atoms with Gasteiger partial charge in [-0.05, 0) is 30.4 Å². The molecule has 1 rings (SSSR count). The Hall–Kier alpha value is -0.550. The molecule has 1 aromatic carbocycles. The number of benzene rings is 1. The van der Waals surface area contributed by atoms with Crippen molar-refractivity contribution in [2.45, 2.75) is 23.9 Å². The lowest BCUT2D eigenvalue weighted by molar-refractivity contribution is -0.134. The van der Waals surface area contributed by atoms with E-state index in [0.717, 1.165) is 4.90 Å². The molecule has 2 N–H and O–H groups in total. The number of rotatable bonds is 4. The molecule has 1 aromatic rings. The van der Waals surface area contributed by atoms with Crippen LogP contribution in [0, 0.1) is 0 Å². The zero-order valence-corrected chi connectivity index (χ0v) is 9.92. The third-order valence-electron chi connectivity index (χ3n) is 1.83. The minimum atomic E-state index is -4.08. The molecule has 0 aliphatic rings. The van der Waals surface area contributed by atoms with Crippen LogP contribution in [0.4, 0.5) is 18.9 Å². The first-order chi connectivity index (χ1) is 7.38. The zero-order chi connectivity index (χ0) is 12.2. The summed E-state index contributed by atoms with van der Waals surface area (Å²) in [5.41, 5.74) is 6.17. The van der Waals surface area contributed by atoms with Gasteiger partial charge in [0.05, 0.1) is 0 Å². The van der Waals surface area contributed by atoms with Crippen LogP contribution < -0.4 is 5.73 Å². The maximum absolute atomic E-state index is 11.9. The molecule has 0 amide bonds. The third kappa shape index (κ3) is 4.99. The number of halogens is 4. The number of thioether (sulfide) groups is 1. The van der Waals surface area contributed by atoms with Crippen LogP contribution in [0.2, 0.25) is 5.02 Å². The van der Waals surface area contributed by atoms with Gasteiger partial charge in [-0.3, -0.25) is 0 Å². The molecule has 0 aliphatic carbocycles. The fourth-order valence-corrected chi connectivity index (χ4v) is 2.18. The van der Waals surface area contributed by atoms with Gasteiger partial charge in [0.1, 0.15) is 0 Å². The lowest BCUT2D eigenvalue weighted by Gasteiger charge is -2.07. The highest BCUT2D eigenvalue weighted by Gasteiger charge is 2.25. The predicted molar refractivity (Wildman–Crippen MR) is 61.9 cm³/mol. The summed E-state index contributed by atoms with van der Waals surface area (Å²) in [6, 6.07) is 4.98. The second-order valence-corrected chi connectivity index (χ2v) is 4.82. The summed E-state index contributed by atoms with van der Waals surface area (Å²) in [6.45, 7) is 0. The first-order valence-corrected chi connectivity index (χ1v) is 5.99. The maximum atomic E-state index is 11.9. The molecule has 0 aromatic heterocycles. The summed E-state index contributed by atoms with van der Waals surface area (Å²) in [5.74, 6) is 0.394. The van der Waals surface area contributed by atoms with Crippen molar-refractivity contribution in [3.63, 3.8) is 0 Å². The van der Waals surface area contributed by atoms with Crippen LogP contribution in [0.25, 0.3) is 0 Å². The molecule has 6 heteroatoms. The summed E-state index contributed by atoms with van der Waals surface area (Å²) >= 11 is 7.01. The summed E-state index contributed by atoms with van der Waals surface area (Å²) < 4.78 is 35.6. The Balaban J connectivity index is 2.38. The molecule has 0 saturated heterocycles. The Morgan fingerprint density at radius 1 is 1.31 bits per heavy atom. The fraction of sp³-hybridized carbons (Fsp3) is 0.400. The Morgan fingerprint density at radius 2 is 2.00 bits per heavy atom. The maximum Gasteiger partial charge on any atom is 0.389 e. The molecule has 0 radical (unpaired) electrons. The number of hydrogen-bond donors (Lipinski definition) is 1. The topological polar surface area (TPSA) is 26.0 Å². The van der Waals surface area contributed by atoms with Crippen LogP contribution in [0.5, 0.6) is 0 Å². The second kappa shape index (κ2) is 5.68. The Morgan fingerprint density at radius 3 is 2.56 bits per heavy atom. The lowest BCUT2D eigenvalue weighted by Crippen LogP contribution is -2.06. The molecule has 0 fully saturated rings. The second-order valence-electron chi connectivity index (χ2n) is 3.25. The summed E-state index contributed by atoms with van der Waals surface area (Å²) in [7, 11) is 0. The average Bonchev–Trinajstić information content (AvgIpc) is 2.13. The van der Waals surface area contributed by atoms with Crippen molar-refractivity contribution in [2.24, 2.45) is 0 Å². The van der Waals surface area contributed by atoms with Crippen molar-refractivity contribution in [1.82, 2.24) is 0 Å². The smallest absolute Gasteiger partial charge is 0.389 e. The van der Waals surface area contributed by atoms with Gasteiger partial charge in [-0.1, -0.05) is 11.6 Å². The van der Waals surface area contributed by atoms with Gasteiger partial charge >= 0.3 is 6.18 Å². The van der Waals surface area contributed by atoms with Crippen LogP contribution in [0.15, 0.2) is 23.1 Å². The molecule has 0 heterocycles. The minimum absolute atomic E-state index is 0.0935. The van der Waals surface area contributed by atoms with Crippen molar-refractivity contribution in [3.05, 3.63) is 23.2 Å². The molecular formula is C10H11ClF3NS. The van der Waals surface area contributed by atoms with Crippen molar-refractivity contribution >= 4 is 29.1 Å². The summed E-state index contributed by atoms with van der Waals surface area (Å²) in [5, 5.41) is 0.525. The van der Waals surface area contributed by atoms with Crippen LogP contribution in [-0.2, 0) is 0 Å². The molecule has 0 atom stereocenters. The normalized spacial score (nSPS) is 11.8. The zero-order valence-electron chi connectivity index (χ0n) is 8.35. The van der Waals surface area contributed by atoms with Gasteiger partial charge < -0.3 is 5.73 Å². The predicted octanol–water partition coefficient (Wildman–Crippen LogP) is 4.36. The van der Waals surface area contributed by atoms with Crippen molar-refractivity contribution in [3.8, 4) is 0 Å². The van der Waals surface area contributed by atoms with Gasteiger partial charge in [-0.25, -0.2) is 0 Å². The Kier molecular flexibility index (Phi) is 4.80. The quantitative estimate of drug-likeness (QED) is 0.499. The SMILES string of the molecule is Nc1cc(Cl)ccc1SCCCC(F)(F)F. The van der Waals surface area contributed by atoms with Crippen molar-refractivity contribution in [2.75, 3.05) is 11.5 Å². The molecule has 0 bridgehead atoms. The minimum Gasteiger partial charge on any atom is -0.398 e. The van der Waals surface area contributed by atoms with Gasteiger partial charge in [0.2, 0.25) is 0 Å². The number of alkyl halides is 3. The van der Waals surface area contributed by atoms with Crippen LogP contribution in [0.1, 0.15) is 12.8 Å². The van der Waals surface area contributed by atoms with Gasteiger partial charge in [-0.15, -0.1) is 11.8 Å². The van der Waals surface area contributed by atoms with E-state index in [2.05, 4.69) is 0 Å². The number of nitrogen functional groups attached to an aromatic ring is 1. The summed E-state index contributed by atoms with van der Waals surface area (Å²) in [6.07, 6.45) is -4.74. The van der Waals surface area contributed by atoms with E-state index in [0.29, 0.717) is 16.5 Å². The summed E-state index contributed by atoms with van der Waals surface area (Å²) in [4.78, 5) is 0.770. The molecule has 0 unspecified atom stereocenters. The van der Waals surface area contributed by atoms with E-state index in [1.165, 1.54) is 11.8 Å². The molecule has 1 nitrogen and oxygen atoms in total. The van der Waals surface area contributed by atoms with Crippen molar-refractivity contribution < 1.29 is 13.2 Å². The lowest BCUT2D eigenvalue weighted by atomic mass is 10.3. The Bertz CT molecular complexity index is 354. The fourth-order valence-electron chi connectivity index (χ4n) is 1.11. The van der Waals surface area contributed by atoms with E-state index < -0.39 is 12.6 Å². The van der Waals surface area contributed by atoms with Gasteiger partial charge in [0, 0.05) is 22.0 Å². The third-order valence-corrected chi connectivity index (χ3v) is 3.24. The molecule has 0 saturated carbocycles. The average molecular weight is 270 g/mol. The van der Waals surface area contributed by atoms with E-state index in [9.17, 15) is 13.2 Å². The van der Waals surface area contributed by atoms with Crippen LogP contribution >= 0.6 is 23.4 Å². The molecule has 16 heavy (non-hydrogen) atoms. The standard InChI is InChI=1S/C10H11ClF3NS/c11-7-2-3-9(8(15)6-7)16-5-1-4-10(12,13)14/h2-3,6H,1,4-5,15H2. The molecule has 0 aliphatic heterocycles. The Labute approximate surface area is 101 Å². The van der Waals surface area contributed by atoms with Crippen LogP contribution in [-0.4, -0.2) is 11.9 Å².